The van der Waals surface area contributed by atoms with Crippen LogP contribution < -0.4 is 0 Å². The molecule has 1 atom stereocenters. The lowest BCUT2D eigenvalue weighted by Gasteiger charge is -2.10. The van der Waals surface area contributed by atoms with Gasteiger partial charge in [0, 0.05) is 17.7 Å². The molecule has 0 spiro atoms. The van der Waals surface area contributed by atoms with E-state index in [0.717, 1.165) is 16.8 Å². The Balaban J connectivity index is 1.57. The van der Waals surface area contributed by atoms with Gasteiger partial charge in [0.15, 0.2) is 0 Å². The molecule has 1 N–H and O–H groups in total. The van der Waals surface area contributed by atoms with Crippen molar-refractivity contribution in [1.82, 2.24) is 4.98 Å². The van der Waals surface area contributed by atoms with Crippen molar-refractivity contribution in [3.05, 3.63) is 65.2 Å². The molecule has 2 nitrogen and oxygen atoms in total. The zero-order valence-electron chi connectivity index (χ0n) is 10.9. The van der Waals surface area contributed by atoms with Crippen molar-refractivity contribution in [3.63, 3.8) is 0 Å². The molecule has 0 fully saturated rings. The molecule has 20 heavy (non-hydrogen) atoms. The van der Waals surface area contributed by atoms with Gasteiger partial charge in [0.25, 0.3) is 0 Å². The highest BCUT2D eigenvalue weighted by Crippen LogP contribution is 2.24. The summed E-state index contributed by atoms with van der Waals surface area (Å²) in [7, 11) is 0. The summed E-state index contributed by atoms with van der Waals surface area (Å²) in [6.45, 7) is 0. The lowest BCUT2D eigenvalue weighted by atomic mass is 10.1. The number of nitrogens with zero attached hydrogens (tertiary/aromatic N) is 1. The molecule has 0 saturated carbocycles. The van der Waals surface area contributed by atoms with Crippen LogP contribution in [0.15, 0.2) is 54.0 Å². The number of aliphatic hydroxyl groups excluding tert-OH is 1. The molecule has 3 rings (SSSR count). The van der Waals surface area contributed by atoms with E-state index in [1.165, 1.54) is 10.3 Å². The van der Waals surface area contributed by atoms with E-state index in [9.17, 15) is 5.11 Å². The van der Waals surface area contributed by atoms with Crippen LogP contribution in [0.5, 0.6) is 0 Å². The molecular formula is C16H15NOS2. The molecule has 102 valence electrons. The van der Waals surface area contributed by atoms with Gasteiger partial charge >= 0.3 is 0 Å². The minimum Gasteiger partial charge on any atom is -0.388 e. The van der Waals surface area contributed by atoms with Crippen LogP contribution in [0, 0.1) is 0 Å². The first-order valence-electron chi connectivity index (χ1n) is 6.46. The van der Waals surface area contributed by atoms with Gasteiger partial charge in [-0.25, -0.2) is 0 Å². The number of hydrogen-bond donors (Lipinski definition) is 1. The summed E-state index contributed by atoms with van der Waals surface area (Å²) in [5.74, 6) is 1.58. The zero-order valence-corrected chi connectivity index (χ0v) is 12.5. The summed E-state index contributed by atoms with van der Waals surface area (Å²) in [5, 5.41) is 12.2. The Bertz CT molecular complexity index is 681. The van der Waals surface area contributed by atoms with E-state index in [-0.39, 0.29) is 0 Å². The van der Waals surface area contributed by atoms with Crippen LogP contribution in [-0.4, -0.2) is 15.8 Å². The topological polar surface area (TPSA) is 33.1 Å². The number of pyridine rings is 1. The van der Waals surface area contributed by atoms with Crippen LogP contribution >= 0.6 is 23.1 Å². The van der Waals surface area contributed by atoms with Crippen LogP contribution in [0.3, 0.4) is 0 Å². The third-order valence-electron chi connectivity index (χ3n) is 3.09. The SMILES string of the molecule is O[C@H](CSCc1cnc2ccsc2c1)c1ccccc1. The predicted octanol–water partition coefficient (Wildman–Crippen LogP) is 4.26. The van der Waals surface area contributed by atoms with E-state index < -0.39 is 6.10 Å². The number of aliphatic hydroxyl groups is 1. The molecule has 0 saturated heterocycles. The fourth-order valence-electron chi connectivity index (χ4n) is 2.03. The van der Waals surface area contributed by atoms with E-state index in [1.54, 1.807) is 23.1 Å². The standard InChI is InChI=1S/C16H15NOS2/c18-15(13-4-2-1-3-5-13)11-19-10-12-8-16-14(17-9-12)6-7-20-16/h1-9,15,18H,10-11H2/t15-/m1/s1. The number of aromatic nitrogens is 1. The third kappa shape index (κ3) is 3.20. The average molecular weight is 301 g/mol. The maximum atomic E-state index is 10.1. The maximum absolute atomic E-state index is 10.1. The zero-order chi connectivity index (χ0) is 13.8. The van der Waals surface area contributed by atoms with Crippen LogP contribution in [0.1, 0.15) is 17.2 Å². The molecule has 0 bridgehead atoms. The lowest BCUT2D eigenvalue weighted by molar-refractivity contribution is 0.204. The summed E-state index contributed by atoms with van der Waals surface area (Å²) in [4.78, 5) is 4.43. The predicted molar refractivity (Wildman–Crippen MR) is 87.2 cm³/mol. The third-order valence-corrected chi connectivity index (χ3v) is 5.03. The molecule has 0 aliphatic carbocycles. The molecule has 2 aromatic heterocycles. The normalized spacial score (nSPS) is 12.7. The van der Waals surface area contributed by atoms with Gasteiger partial charge in [0.2, 0.25) is 0 Å². The molecule has 3 aromatic rings. The van der Waals surface area contributed by atoms with Crippen LogP contribution in [0.2, 0.25) is 0 Å². The number of rotatable bonds is 5. The number of thioether (sulfide) groups is 1. The Hall–Kier alpha value is -1.36. The molecule has 0 aliphatic rings. The molecule has 4 heteroatoms. The molecule has 1 aromatic carbocycles. The first-order valence-corrected chi connectivity index (χ1v) is 8.49. The van der Waals surface area contributed by atoms with Gasteiger partial charge in [-0.2, -0.15) is 11.8 Å². The molecule has 0 radical (unpaired) electrons. The largest absolute Gasteiger partial charge is 0.388 e. The summed E-state index contributed by atoms with van der Waals surface area (Å²) in [6, 6.07) is 14.0. The van der Waals surface area contributed by atoms with Crippen molar-refractivity contribution in [2.45, 2.75) is 11.9 Å². The van der Waals surface area contributed by atoms with Gasteiger partial charge in [-0.15, -0.1) is 11.3 Å². The molecular weight excluding hydrogens is 286 g/mol. The smallest absolute Gasteiger partial charge is 0.0880 e. The fourth-order valence-corrected chi connectivity index (χ4v) is 3.76. The Morgan fingerprint density at radius 2 is 2.05 bits per heavy atom. The van der Waals surface area contributed by atoms with Gasteiger partial charge in [0.05, 0.1) is 16.3 Å². The van der Waals surface area contributed by atoms with Crippen LogP contribution in [0.4, 0.5) is 0 Å². The Morgan fingerprint density at radius 3 is 2.90 bits per heavy atom. The van der Waals surface area contributed by atoms with Gasteiger partial charge < -0.3 is 5.11 Å². The lowest BCUT2D eigenvalue weighted by Crippen LogP contribution is -2.00. The van der Waals surface area contributed by atoms with Gasteiger partial charge in [-0.3, -0.25) is 4.98 Å². The second kappa shape index (κ2) is 6.39. The minimum absolute atomic E-state index is 0.403. The van der Waals surface area contributed by atoms with E-state index in [2.05, 4.69) is 16.4 Å². The second-order valence-corrected chi connectivity index (χ2v) is 6.57. The van der Waals surface area contributed by atoms with Crippen molar-refractivity contribution < 1.29 is 5.11 Å². The van der Waals surface area contributed by atoms with Crippen molar-refractivity contribution >= 4 is 33.3 Å². The van der Waals surface area contributed by atoms with Crippen LogP contribution in [0.25, 0.3) is 10.2 Å². The van der Waals surface area contributed by atoms with Gasteiger partial charge in [-0.05, 0) is 28.6 Å². The summed E-state index contributed by atoms with van der Waals surface area (Å²) < 4.78 is 1.23. The quantitative estimate of drug-likeness (QED) is 0.764. The molecule has 0 unspecified atom stereocenters. The van der Waals surface area contributed by atoms with E-state index in [0.29, 0.717) is 5.75 Å². The maximum Gasteiger partial charge on any atom is 0.0880 e. The highest BCUT2D eigenvalue weighted by atomic mass is 32.2. The van der Waals surface area contributed by atoms with E-state index in [1.807, 2.05) is 42.6 Å². The molecule has 0 amide bonds. The number of fused-ring (bicyclic) bond motifs is 1. The fraction of sp³-hybridized carbons (Fsp3) is 0.188. The Labute approximate surface area is 126 Å². The van der Waals surface area contributed by atoms with Gasteiger partial charge in [-0.1, -0.05) is 30.3 Å². The van der Waals surface area contributed by atoms with Crippen molar-refractivity contribution in [2.24, 2.45) is 0 Å². The van der Waals surface area contributed by atoms with Gasteiger partial charge in [0.1, 0.15) is 0 Å². The Kier molecular flexibility index (Phi) is 4.35. The second-order valence-electron chi connectivity index (χ2n) is 4.59. The summed E-state index contributed by atoms with van der Waals surface area (Å²) >= 11 is 3.45. The average Bonchev–Trinajstić information content (AvgIpc) is 2.95. The van der Waals surface area contributed by atoms with E-state index >= 15 is 0 Å². The first kappa shape index (κ1) is 13.6. The summed E-state index contributed by atoms with van der Waals surface area (Å²) in [6.07, 6.45) is 1.52. The summed E-state index contributed by atoms with van der Waals surface area (Å²) in [5.41, 5.74) is 3.25. The molecule has 0 aliphatic heterocycles. The van der Waals surface area contributed by atoms with Crippen molar-refractivity contribution in [1.29, 1.82) is 0 Å². The molecule has 2 heterocycles. The Morgan fingerprint density at radius 1 is 1.20 bits per heavy atom. The highest BCUT2D eigenvalue weighted by Gasteiger charge is 2.07. The van der Waals surface area contributed by atoms with Crippen molar-refractivity contribution in [2.75, 3.05) is 5.75 Å². The number of benzene rings is 1. The first-order chi connectivity index (χ1) is 9.83. The minimum atomic E-state index is -0.403. The monoisotopic (exact) mass is 301 g/mol. The van der Waals surface area contributed by atoms with Crippen molar-refractivity contribution in [3.8, 4) is 0 Å². The number of hydrogen-bond acceptors (Lipinski definition) is 4. The van der Waals surface area contributed by atoms with Crippen LogP contribution in [-0.2, 0) is 5.75 Å². The van der Waals surface area contributed by atoms with E-state index in [4.69, 9.17) is 0 Å². The number of thiophene rings is 1. The highest BCUT2D eigenvalue weighted by molar-refractivity contribution is 7.98.